The Morgan fingerprint density at radius 2 is 2.05 bits per heavy atom. The average Bonchev–Trinajstić information content (AvgIpc) is 2.85. The molecule has 0 radical (unpaired) electrons. The summed E-state index contributed by atoms with van der Waals surface area (Å²) in [5.74, 6) is -0.934. The van der Waals surface area contributed by atoms with Crippen LogP contribution in [-0.2, 0) is 6.54 Å². The smallest absolute Gasteiger partial charge is 0.335 e. The quantitative estimate of drug-likeness (QED) is 0.725. The van der Waals surface area contributed by atoms with Gasteiger partial charge >= 0.3 is 5.97 Å². The van der Waals surface area contributed by atoms with E-state index in [0.717, 1.165) is 20.9 Å². The van der Waals surface area contributed by atoms with Gasteiger partial charge in [0.05, 0.1) is 16.1 Å². The summed E-state index contributed by atoms with van der Waals surface area (Å²) in [6.07, 6.45) is 1.98. The molecule has 0 saturated carbocycles. The third-order valence-corrected chi connectivity index (χ3v) is 4.42. The summed E-state index contributed by atoms with van der Waals surface area (Å²) in [5, 5.41) is 10.8. The van der Waals surface area contributed by atoms with Crippen LogP contribution in [0, 0.1) is 0 Å². The Bertz CT molecular complexity index is 841. The Kier molecular flexibility index (Phi) is 3.74. The minimum atomic E-state index is -0.934. The van der Waals surface area contributed by atoms with Gasteiger partial charge in [0.1, 0.15) is 0 Å². The first-order valence-electron chi connectivity index (χ1n) is 6.31. The standard InChI is InChI=1S/C16H11BrClNO2/c17-13-8-11(16(20)21)4-5-12(13)9-19-7-6-10-2-1-3-14(18)15(10)19/h1-8H,9H2,(H,20,21). The maximum atomic E-state index is 11.0. The molecule has 0 atom stereocenters. The Morgan fingerprint density at radius 3 is 2.76 bits per heavy atom. The highest BCUT2D eigenvalue weighted by atomic mass is 79.9. The number of benzene rings is 2. The molecule has 3 aromatic rings. The molecule has 21 heavy (non-hydrogen) atoms. The van der Waals surface area contributed by atoms with Crippen molar-refractivity contribution in [3.05, 3.63) is 69.3 Å². The van der Waals surface area contributed by atoms with Crippen molar-refractivity contribution in [3.8, 4) is 0 Å². The van der Waals surface area contributed by atoms with Gasteiger partial charge in [-0.05, 0) is 29.8 Å². The molecule has 1 heterocycles. The average molecular weight is 365 g/mol. The highest BCUT2D eigenvalue weighted by Crippen LogP contribution is 2.27. The lowest BCUT2D eigenvalue weighted by molar-refractivity contribution is 0.0697. The van der Waals surface area contributed by atoms with E-state index < -0.39 is 5.97 Å². The first-order valence-corrected chi connectivity index (χ1v) is 7.48. The zero-order valence-corrected chi connectivity index (χ0v) is 13.2. The molecule has 0 aliphatic rings. The molecule has 0 aliphatic carbocycles. The lowest BCUT2D eigenvalue weighted by Gasteiger charge is -2.09. The summed E-state index contributed by atoms with van der Waals surface area (Å²) < 4.78 is 2.83. The van der Waals surface area contributed by atoms with Crippen molar-refractivity contribution < 1.29 is 9.90 Å². The lowest BCUT2D eigenvalue weighted by atomic mass is 10.1. The first-order chi connectivity index (χ1) is 10.1. The molecule has 0 spiro atoms. The van der Waals surface area contributed by atoms with Crippen LogP contribution >= 0.6 is 27.5 Å². The van der Waals surface area contributed by atoms with E-state index in [-0.39, 0.29) is 5.56 Å². The maximum Gasteiger partial charge on any atom is 0.335 e. The van der Waals surface area contributed by atoms with E-state index in [4.69, 9.17) is 16.7 Å². The molecular weight excluding hydrogens is 354 g/mol. The number of aromatic nitrogens is 1. The molecule has 0 fully saturated rings. The van der Waals surface area contributed by atoms with Crippen molar-refractivity contribution in [2.75, 3.05) is 0 Å². The van der Waals surface area contributed by atoms with Crippen LogP contribution in [0.2, 0.25) is 5.02 Å². The molecule has 0 bridgehead atoms. The van der Waals surface area contributed by atoms with Crippen LogP contribution in [0.5, 0.6) is 0 Å². The van der Waals surface area contributed by atoms with Gasteiger partial charge in [0.2, 0.25) is 0 Å². The fourth-order valence-electron chi connectivity index (χ4n) is 2.34. The van der Waals surface area contributed by atoms with Crippen molar-refractivity contribution in [2.45, 2.75) is 6.54 Å². The molecule has 2 aromatic carbocycles. The number of halogens is 2. The Morgan fingerprint density at radius 1 is 1.24 bits per heavy atom. The summed E-state index contributed by atoms with van der Waals surface area (Å²) in [5.41, 5.74) is 2.24. The number of hydrogen-bond acceptors (Lipinski definition) is 1. The van der Waals surface area contributed by atoms with E-state index in [1.54, 1.807) is 12.1 Å². The van der Waals surface area contributed by atoms with Gasteiger partial charge in [0.25, 0.3) is 0 Å². The summed E-state index contributed by atoms with van der Waals surface area (Å²) in [4.78, 5) is 11.0. The zero-order valence-electron chi connectivity index (χ0n) is 10.9. The molecule has 0 unspecified atom stereocenters. The van der Waals surface area contributed by atoms with E-state index in [1.165, 1.54) is 0 Å². The van der Waals surface area contributed by atoms with Crippen LogP contribution in [0.15, 0.2) is 53.1 Å². The van der Waals surface area contributed by atoms with Gasteiger partial charge in [-0.1, -0.05) is 45.7 Å². The lowest BCUT2D eigenvalue weighted by Crippen LogP contribution is -2.02. The monoisotopic (exact) mass is 363 g/mol. The van der Waals surface area contributed by atoms with Gasteiger partial charge in [-0.2, -0.15) is 0 Å². The number of carbonyl (C=O) groups is 1. The topological polar surface area (TPSA) is 42.2 Å². The largest absolute Gasteiger partial charge is 0.478 e. The van der Waals surface area contributed by atoms with E-state index in [1.807, 2.05) is 36.5 Å². The number of carboxylic acids is 1. The van der Waals surface area contributed by atoms with Crippen LogP contribution in [0.1, 0.15) is 15.9 Å². The predicted molar refractivity (Wildman–Crippen MR) is 87.2 cm³/mol. The molecule has 0 saturated heterocycles. The summed E-state index contributed by atoms with van der Waals surface area (Å²) >= 11 is 9.70. The van der Waals surface area contributed by atoms with E-state index in [2.05, 4.69) is 20.5 Å². The number of nitrogens with zero attached hydrogens (tertiary/aromatic N) is 1. The Hall–Kier alpha value is -1.78. The molecule has 0 aliphatic heterocycles. The normalized spacial score (nSPS) is 11.0. The third kappa shape index (κ3) is 2.69. The Labute approximate surface area is 134 Å². The number of hydrogen-bond donors (Lipinski definition) is 1. The molecule has 3 rings (SSSR count). The second-order valence-electron chi connectivity index (χ2n) is 4.73. The maximum absolute atomic E-state index is 11.0. The van der Waals surface area contributed by atoms with Gasteiger partial charge < -0.3 is 9.67 Å². The number of para-hydroxylation sites is 1. The van der Waals surface area contributed by atoms with Crippen molar-refractivity contribution >= 4 is 44.4 Å². The fraction of sp³-hybridized carbons (Fsp3) is 0.0625. The molecule has 1 N–H and O–H groups in total. The van der Waals surface area contributed by atoms with Gasteiger partial charge in [-0.3, -0.25) is 0 Å². The van der Waals surface area contributed by atoms with Gasteiger partial charge in [0.15, 0.2) is 0 Å². The number of aromatic carboxylic acids is 1. The van der Waals surface area contributed by atoms with Gasteiger partial charge in [-0.25, -0.2) is 4.79 Å². The minimum Gasteiger partial charge on any atom is -0.478 e. The molecule has 1 aromatic heterocycles. The summed E-state index contributed by atoms with van der Waals surface area (Å²) in [6, 6.07) is 12.9. The minimum absolute atomic E-state index is 0.265. The number of carboxylic acid groups (broad SMARTS) is 1. The van der Waals surface area contributed by atoms with E-state index in [9.17, 15) is 4.79 Å². The van der Waals surface area contributed by atoms with E-state index >= 15 is 0 Å². The van der Waals surface area contributed by atoms with Crippen LogP contribution in [0.25, 0.3) is 10.9 Å². The second kappa shape index (κ2) is 5.54. The van der Waals surface area contributed by atoms with Crippen molar-refractivity contribution in [1.82, 2.24) is 4.57 Å². The third-order valence-electron chi connectivity index (χ3n) is 3.38. The molecule has 0 amide bonds. The molecule has 5 heteroatoms. The van der Waals surface area contributed by atoms with Gasteiger partial charge in [-0.15, -0.1) is 0 Å². The first kappa shape index (κ1) is 14.2. The van der Waals surface area contributed by atoms with Crippen LogP contribution in [0.3, 0.4) is 0 Å². The highest BCUT2D eigenvalue weighted by Gasteiger charge is 2.10. The van der Waals surface area contributed by atoms with E-state index in [0.29, 0.717) is 11.6 Å². The predicted octanol–water partition coefficient (Wildman–Crippen LogP) is 4.80. The SMILES string of the molecule is O=C(O)c1ccc(Cn2ccc3cccc(Cl)c32)c(Br)c1. The highest BCUT2D eigenvalue weighted by molar-refractivity contribution is 9.10. The van der Waals surface area contributed by atoms with Crippen molar-refractivity contribution in [2.24, 2.45) is 0 Å². The fourth-order valence-corrected chi connectivity index (χ4v) is 3.13. The van der Waals surface area contributed by atoms with Crippen molar-refractivity contribution in [1.29, 1.82) is 0 Å². The van der Waals surface area contributed by atoms with Gasteiger partial charge in [0, 0.05) is 22.6 Å². The number of fused-ring (bicyclic) bond motifs is 1. The molecule has 106 valence electrons. The van der Waals surface area contributed by atoms with Crippen LogP contribution in [-0.4, -0.2) is 15.6 Å². The zero-order chi connectivity index (χ0) is 15.0. The molecular formula is C16H11BrClNO2. The second-order valence-corrected chi connectivity index (χ2v) is 5.99. The Balaban J connectivity index is 2.01. The number of rotatable bonds is 3. The van der Waals surface area contributed by atoms with Crippen LogP contribution < -0.4 is 0 Å². The van der Waals surface area contributed by atoms with Crippen LogP contribution in [0.4, 0.5) is 0 Å². The summed E-state index contributed by atoms with van der Waals surface area (Å²) in [7, 11) is 0. The van der Waals surface area contributed by atoms with Crippen molar-refractivity contribution in [3.63, 3.8) is 0 Å². The molecule has 3 nitrogen and oxygen atoms in total. The summed E-state index contributed by atoms with van der Waals surface area (Å²) in [6.45, 7) is 0.619.